The summed E-state index contributed by atoms with van der Waals surface area (Å²) >= 11 is 0. The summed E-state index contributed by atoms with van der Waals surface area (Å²) in [4.78, 5) is 0. The molecule has 2 aliphatic rings. The Labute approximate surface area is 366 Å². The molecule has 0 atom stereocenters. The van der Waals surface area contributed by atoms with E-state index in [0.717, 1.165) is 0 Å². The van der Waals surface area contributed by atoms with E-state index in [9.17, 15) is 0 Å². The van der Waals surface area contributed by atoms with E-state index in [1.165, 1.54) is 99.8 Å². The fraction of sp³-hybridized carbons (Fsp3) is 0.115. The van der Waals surface area contributed by atoms with E-state index in [1.54, 1.807) is 0 Å². The van der Waals surface area contributed by atoms with Crippen molar-refractivity contribution in [2.45, 2.75) is 45.4 Å². The van der Waals surface area contributed by atoms with E-state index >= 15 is 0 Å². The molecule has 0 amide bonds. The van der Waals surface area contributed by atoms with Crippen molar-refractivity contribution in [3.8, 4) is 27.9 Å². The van der Waals surface area contributed by atoms with Crippen molar-refractivity contribution in [2.24, 2.45) is 0 Å². The van der Waals surface area contributed by atoms with Crippen molar-refractivity contribution in [3.63, 3.8) is 0 Å². The zero-order valence-corrected chi connectivity index (χ0v) is 36.2. The van der Waals surface area contributed by atoms with Crippen LogP contribution in [0.5, 0.6) is 0 Å². The lowest BCUT2D eigenvalue weighted by Gasteiger charge is -2.34. The lowest BCUT2D eigenvalue weighted by Crippen LogP contribution is -2.28. The fourth-order valence-electron chi connectivity index (χ4n) is 10.3. The maximum atomic E-state index is 2.45. The molecule has 1 heterocycles. The summed E-state index contributed by atoms with van der Waals surface area (Å²) in [5.41, 5.74) is 21.0. The molecular weight excluding hydrogens is 747 g/mol. The molecule has 0 bridgehead atoms. The number of fused-ring (bicyclic) bond motifs is 9. The van der Waals surface area contributed by atoms with Gasteiger partial charge in [-0.2, -0.15) is 0 Å². The van der Waals surface area contributed by atoms with E-state index in [0.29, 0.717) is 0 Å². The van der Waals surface area contributed by atoms with E-state index < -0.39 is 5.41 Å². The first-order chi connectivity index (χ1) is 30.3. The van der Waals surface area contributed by atoms with Crippen LogP contribution >= 0.6 is 0 Å². The van der Waals surface area contributed by atoms with Gasteiger partial charge in [0.2, 0.25) is 0 Å². The van der Waals surface area contributed by atoms with Crippen molar-refractivity contribution in [1.82, 2.24) is 4.57 Å². The molecule has 12 rings (SSSR count). The molecule has 1 nitrogen and oxygen atoms in total. The van der Waals surface area contributed by atoms with Crippen LogP contribution in [0.1, 0.15) is 63.9 Å². The van der Waals surface area contributed by atoms with Gasteiger partial charge in [-0.05, 0) is 101 Å². The summed E-state index contributed by atoms with van der Waals surface area (Å²) in [6.07, 6.45) is 0. The predicted octanol–water partition coefficient (Wildman–Crippen LogP) is 15.8. The summed E-state index contributed by atoms with van der Waals surface area (Å²) in [7, 11) is 0. The zero-order valence-electron chi connectivity index (χ0n) is 36.2. The highest BCUT2D eigenvalue weighted by Crippen LogP contribution is 2.57. The largest absolute Gasteiger partial charge is 0.309 e. The summed E-state index contributed by atoms with van der Waals surface area (Å²) in [5.74, 6) is 0. The third-order valence-electron chi connectivity index (χ3n) is 13.2. The summed E-state index contributed by atoms with van der Waals surface area (Å²) in [6.45, 7) is 11.1. The first-order valence-corrected chi connectivity index (χ1v) is 21.8. The standard InChI is InChI=1S/C38H27N.C16H16.C7H8/c1-26-20-22-30-31-23-21-29(39-36-18-10-8-16-32(36)33-17-9-11-19-37(33)39)25-35(31)38(34(30)24-26,27-12-4-2-5-13-27)28-14-6-3-7-15-28;1-11-8-9-15-13(10-11)12-6-4-5-7-14(12)16(15,2)3;1-7-5-3-2-4-6-7/h2-25H,1H3;4-10H,1-3H3;2-6H,1H3. The molecule has 0 saturated heterocycles. The normalized spacial score (nSPS) is 13.5. The molecule has 1 heteroatoms. The van der Waals surface area contributed by atoms with Crippen LogP contribution in [0.2, 0.25) is 0 Å². The molecule has 0 saturated carbocycles. The quantitative estimate of drug-likeness (QED) is 0.168. The van der Waals surface area contributed by atoms with Crippen molar-refractivity contribution in [2.75, 3.05) is 0 Å². The van der Waals surface area contributed by atoms with Gasteiger partial charge in [-0.1, -0.05) is 225 Å². The number of hydrogen-bond donors (Lipinski definition) is 0. The fourth-order valence-corrected chi connectivity index (χ4v) is 10.3. The van der Waals surface area contributed by atoms with Gasteiger partial charge in [-0.3, -0.25) is 0 Å². The molecule has 62 heavy (non-hydrogen) atoms. The Morgan fingerprint density at radius 2 is 0.774 bits per heavy atom. The Kier molecular flexibility index (Phi) is 9.84. The van der Waals surface area contributed by atoms with E-state index in [4.69, 9.17) is 0 Å². The van der Waals surface area contributed by atoms with Gasteiger partial charge in [0.05, 0.1) is 16.4 Å². The number of aryl methyl sites for hydroxylation is 3. The van der Waals surface area contributed by atoms with Crippen LogP contribution in [0.15, 0.2) is 218 Å². The summed E-state index contributed by atoms with van der Waals surface area (Å²) < 4.78 is 2.43. The smallest absolute Gasteiger partial charge is 0.0714 e. The number of para-hydroxylation sites is 2. The highest BCUT2D eigenvalue weighted by atomic mass is 15.0. The minimum Gasteiger partial charge on any atom is -0.309 e. The topological polar surface area (TPSA) is 4.93 Å². The molecule has 0 N–H and O–H groups in total. The number of aromatic nitrogens is 1. The van der Waals surface area contributed by atoms with Crippen molar-refractivity contribution < 1.29 is 0 Å². The summed E-state index contributed by atoms with van der Waals surface area (Å²) in [5, 5.41) is 2.56. The zero-order chi connectivity index (χ0) is 42.4. The molecule has 0 aliphatic heterocycles. The van der Waals surface area contributed by atoms with Crippen LogP contribution in [0.25, 0.3) is 49.7 Å². The maximum absolute atomic E-state index is 2.45. The van der Waals surface area contributed by atoms with E-state index in [-0.39, 0.29) is 5.41 Å². The monoisotopic (exact) mass is 797 g/mol. The lowest BCUT2D eigenvalue weighted by molar-refractivity contribution is 0.660. The predicted molar refractivity (Wildman–Crippen MR) is 263 cm³/mol. The minimum atomic E-state index is -0.409. The summed E-state index contributed by atoms with van der Waals surface area (Å²) in [6, 6.07) is 79.5. The van der Waals surface area contributed by atoms with E-state index in [1.807, 2.05) is 18.2 Å². The average Bonchev–Trinajstić information content (AvgIpc) is 3.88. The molecule has 0 fully saturated rings. The van der Waals surface area contributed by atoms with Gasteiger partial charge < -0.3 is 4.57 Å². The molecule has 10 aromatic rings. The maximum Gasteiger partial charge on any atom is 0.0714 e. The second-order valence-corrected chi connectivity index (χ2v) is 17.5. The Morgan fingerprint density at radius 1 is 0.323 bits per heavy atom. The second kappa shape index (κ2) is 15.7. The Bertz CT molecular complexity index is 3130. The van der Waals surface area contributed by atoms with Gasteiger partial charge in [0.15, 0.2) is 0 Å². The number of benzene rings is 9. The van der Waals surface area contributed by atoms with Gasteiger partial charge in [0.1, 0.15) is 0 Å². The van der Waals surface area contributed by atoms with E-state index in [2.05, 4.69) is 239 Å². The molecule has 9 aromatic carbocycles. The average molecular weight is 798 g/mol. The van der Waals surface area contributed by atoms with Crippen LogP contribution in [0.3, 0.4) is 0 Å². The minimum absolute atomic E-state index is 0.152. The first-order valence-electron chi connectivity index (χ1n) is 21.8. The van der Waals surface area contributed by atoms with Crippen LogP contribution < -0.4 is 0 Å². The third kappa shape index (κ3) is 6.39. The molecule has 0 radical (unpaired) electrons. The van der Waals surface area contributed by atoms with Gasteiger partial charge in [-0.15, -0.1) is 0 Å². The van der Waals surface area contributed by atoms with Crippen LogP contribution in [0, 0.1) is 20.8 Å². The highest BCUT2D eigenvalue weighted by Gasteiger charge is 2.46. The van der Waals surface area contributed by atoms with Gasteiger partial charge in [0, 0.05) is 21.9 Å². The van der Waals surface area contributed by atoms with Gasteiger partial charge in [0.25, 0.3) is 0 Å². The molecule has 0 spiro atoms. The van der Waals surface area contributed by atoms with Gasteiger partial charge >= 0.3 is 0 Å². The number of rotatable bonds is 3. The molecule has 300 valence electrons. The Balaban J connectivity index is 0.000000163. The molecule has 2 aliphatic carbocycles. The third-order valence-corrected chi connectivity index (χ3v) is 13.2. The molecule has 1 aromatic heterocycles. The number of nitrogens with zero attached hydrogens (tertiary/aromatic N) is 1. The molecule has 0 unspecified atom stereocenters. The van der Waals surface area contributed by atoms with Crippen molar-refractivity contribution in [3.05, 3.63) is 268 Å². The first kappa shape index (κ1) is 38.9. The van der Waals surface area contributed by atoms with Gasteiger partial charge in [-0.25, -0.2) is 0 Å². The van der Waals surface area contributed by atoms with Crippen LogP contribution in [-0.2, 0) is 10.8 Å². The Morgan fingerprint density at radius 3 is 1.37 bits per heavy atom. The van der Waals surface area contributed by atoms with Crippen molar-refractivity contribution >= 4 is 21.8 Å². The van der Waals surface area contributed by atoms with Crippen molar-refractivity contribution in [1.29, 1.82) is 0 Å². The highest BCUT2D eigenvalue weighted by molar-refractivity contribution is 6.09. The lowest BCUT2D eigenvalue weighted by atomic mass is 9.67. The SMILES string of the molecule is Cc1ccc2c(c1)-c1ccccc1C2(C)C.Cc1ccc2c(c1)C(c1ccccc1)(c1ccccc1)c1cc(-n3c4ccccc4c4ccccc43)ccc1-2.Cc1ccccc1. The Hall–Kier alpha value is -7.22. The number of hydrogen-bond acceptors (Lipinski definition) is 0. The second-order valence-electron chi connectivity index (χ2n) is 17.5. The van der Waals surface area contributed by atoms with Crippen LogP contribution in [-0.4, -0.2) is 4.57 Å². The molecular formula is C61H51N. The van der Waals surface area contributed by atoms with Crippen LogP contribution in [0.4, 0.5) is 0 Å².